The highest BCUT2D eigenvalue weighted by atomic mass is 32.1. The molecular weight excluding hydrogens is 226 g/mol. The SMILES string of the molecule is CC(C)OC(=S)NC(=O)/C=C/c1ccco1. The summed E-state index contributed by atoms with van der Waals surface area (Å²) in [6.07, 6.45) is 4.36. The van der Waals surface area contributed by atoms with Gasteiger partial charge in [-0.1, -0.05) is 0 Å². The molecule has 0 fully saturated rings. The Kier molecular flexibility index (Phi) is 4.72. The van der Waals surface area contributed by atoms with Crippen LogP contribution >= 0.6 is 12.2 Å². The van der Waals surface area contributed by atoms with Crippen molar-refractivity contribution in [2.75, 3.05) is 0 Å². The molecule has 1 amide bonds. The van der Waals surface area contributed by atoms with E-state index in [1.54, 1.807) is 18.2 Å². The zero-order chi connectivity index (χ0) is 12.0. The molecule has 0 saturated carbocycles. The maximum Gasteiger partial charge on any atom is 0.263 e. The number of rotatable bonds is 3. The van der Waals surface area contributed by atoms with Crippen molar-refractivity contribution in [3.05, 3.63) is 30.2 Å². The van der Waals surface area contributed by atoms with E-state index in [0.717, 1.165) is 0 Å². The molecule has 0 aliphatic heterocycles. The van der Waals surface area contributed by atoms with E-state index in [1.165, 1.54) is 12.3 Å². The number of carbonyl (C=O) groups excluding carboxylic acids is 1. The zero-order valence-corrected chi connectivity index (χ0v) is 9.91. The summed E-state index contributed by atoms with van der Waals surface area (Å²) in [4.78, 5) is 11.3. The van der Waals surface area contributed by atoms with Crippen molar-refractivity contribution in [3.63, 3.8) is 0 Å². The van der Waals surface area contributed by atoms with Gasteiger partial charge < -0.3 is 9.15 Å². The van der Waals surface area contributed by atoms with Crippen molar-refractivity contribution in [2.24, 2.45) is 0 Å². The van der Waals surface area contributed by atoms with Crippen molar-refractivity contribution in [3.8, 4) is 0 Å². The lowest BCUT2D eigenvalue weighted by Crippen LogP contribution is -2.30. The van der Waals surface area contributed by atoms with Gasteiger partial charge in [-0.25, -0.2) is 0 Å². The van der Waals surface area contributed by atoms with Crippen molar-refractivity contribution in [2.45, 2.75) is 20.0 Å². The molecule has 0 bridgehead atoms. The summed E-state index contributed by atoms with van der Waals surface area (Å²) in [6, 6.07) is 3.48. The predicted octanol–water partition coefficient (Wildman–Crippen LogP) is 2.12. The molecule has 0 aliphatic carbocycles. The first-order chi connectivity index (χ1) is 7.58. The van der Waals surface area contributed by atoms with E-state index in [-0.39, 0.29) is 17.2 Å². The first kappa shape index (κ1) is 12.4. The highest BCUT2D eigenvalue weighted by Crippen LogP contribution is 2.01. The lowest BCUT2D eigenvalue weighted by molar-refractivity contribution is -0.115. The Balaban J connectivity index is 2.39. The Morgan fingerprint density at radius 1 is 1.62 bits per heavy atom. The van der Waals surface area contributed by atoms with E-state index >= 15 is 0 Å². The Morgan fingerprint density at radius 2 is 2.38 bits per heavy atom. The predicted molar refractivity (Wildman–Crippen MR) is 64.7 cm³/mol. The highest BCUT2D eigenvalue weighted by Gasteiger charge is 2.03. The minimum Gasteiger partial charge on any atom is -0.468 e. The van der Waals surface area contributed by atoms with Gasteiger partial charge in [0.25, 0.3) is 11.1 Å². The fraction of sp³-hybridized carbons (Fsp3) is 0.273. The first-order valence-corrected chi connectivity index (χ1v) is 5.22. The number of hydrogen-bond donors (Lipinski definition) is 1. The van der Waals surface area contributed by atoms with E-state index < -0.39 is 0 Å². The summed E-state index contributed by atoms with van der Waals surface area (Å²) in [5.41, 5.74) is 0. The molecule has 0 atom stereocenters. The van der Waals surface area contributed by atoms with Crippen LogP contribution in [0, 0.1) is 0 Å². The fourth-order valence-electron chi connectivity index (χ4n) is 0.930. The number of carbonyl (C=O) groups is 1. The third-order valence-corrected chi connectivity index (χ3v) is 1.71. The lowest BCUT2D eigenvalue weighted by atomic mass is 10.4. The quantitative estimate of drug-likeness (QED) is 0.648. The molecule has 0 aromatic carbocycles. The van der Waals surface area contributed by atoms with E-state index in [4.69, 9.17) is 21.4 Å². The first-order valence-electron chi connectivity index (χ1n) is 4.81. The molecule has 5 heteroatoms. The van der Waals surface area contributed by atoms with Gasteiger partial charge in [-0.05, 0) is 44.3 Å². The normalized spacial score (nSPS) is 10.7. The Hall–Kier alpha value is -1.62. The molecule has 0 radical (unpaired) electrons. The maximum absolute atomic E-state index is 11.3. The van der Waals surface area contributed by atoms with Gasteiger partial charge in [-0.2, -0.15) is 0 Å². The number of thiocarbonyl (C=S) groups is 1. The average molecular weight is 239 g/mol. The van der Waals surface area contributed by atoms with Crippen LogP contribution in [-0.4, -0.2) is 17.2 Å². The van der Waals surface area contributed by atoms with Crippen LogP contribution in [0.5, 0.6) is 0 Å². The summed E-state index contributed by atoms with van der Waals surface area (Å²) in [5, 5.41) is 2.49. The van der Waals surface area contributed by atoms with Crippen molar-refractivity contribution >= 4 is 29.4 Å². The molecule has 4 nitrogen and oxygen atoms in total. The topological polar surface area (TPSA) is 51.5 Å². The largest absolute Gasteiger partial charge is 0.468 e. The van der Waals surface area contributed by atoms with Gasteiger partial charge in [-0.15, -0.1) is 0 Å². The second-order valence-electron chi connectivity index (χ2n) is 3.29. The number of nitrogens with one attached hydrogen (secondary N) is 1. The van der Waals surface area contributed by atoms with E-state index in [0.29, 0.717) is 5.76 Å². The van der Waals surface area contributed by atoms with E-state index in [1.807, 2.05) is 13.8 Å². The third kappa shape index (κ3) is 4.75. The van der Waals surface area contributed by atoms with Gasteiger partial charge in [0.2, 0.25) is 0 Å². The molecule has 1 N–H and O–H groups in total. The van der Waals surface area contributed by atoms with Crippen molar-refractivity contribution in [1.82, 2.24) is 5.32 Å². The minimum absolute atomic E-state index is 0.0538. The van der Waals surface area contributed by atoms with Crippen LogP contribution in [0.25, 0.3) is 6.08 Å². The van der Waals surface area contributed by atoms with E-state index in [9.17, 15) is 4.79 Å². The number of ether oxygens (including phenoxy) is 1. The number of furan rings is 1. The molecule has 0 aliphatic rings. The number of hydrogen-bond acceptors (Lipinski definition) is 4. The lowest BCUT2D eigenvalue weighted by Gasteiger charge is -2.09. The second kappa shape index (κ2) is 6.07. The number of amides is 1. The van der Waals surface area contributed by atoms with Crippen LogP contribution in [-0.2, 0) is 9.53 Å². The minimum atomic E-state index is -0.345. The summed E-state index contributed by atoms with van der Waals surface area (Å²) in [5.74, 6) is 0.257. The molecular formula is C11H13NO3S. The fourth-order valence-corrected chi connectivity index (χ4v) is 1.22. The van der Waals surface area contributed by atoms with Gasteiger partial charge in [-0.3, -0.25) is 10.1 Å². The Morgan fingerprint density at radius 3 is 2.94 bits per heavy atom. The van der Waals surface area contributed by atoms with Gasteiger partial charge in [0, 0.05) is 6.08 Å². The maximum atomic E-state index is 11.3. The monoisotopic (exact) mass is 239 g/mol. The molecule has 16 heavy (non-hydrogen) atoms. The van der Waals surface area contributed by atoms with Crippen molar-refractivity contribution in [1.29, 1.82) is 0 Å². The molecule has 0 spiro atoms. The molecule has 0 saturated heterocycles. The summed E-state index contributed by atoms with van der Waals surface area (Å²) >= 11 is 4.81. The van der Waals surface area contributed by atoms with Crippen LogP contribution in [0.2, 0.25) is 0 Å². The molecule has 1 aromatic rings. The van der Waals surface area contributed by atoms with Gasteiger partial charge >= 0.3 is 0 Å². The van der Waals surface area contributed by atoms with Crippen LogP contribution in [0.1, 0.15) is 19.6 Å². The smallest absolute Gasteiger partial charge is 0.263 e. The molecule has 0 unspecified atom stereocenters. The Bertz CT molecular complexity index is 382. The molecule has 1 aromatic heterocycles. The third-order valence-electron chi connectivity index (χ3n) is 1.51. The Labute approximate surface area is 99.3 Å². The van der Waals surface area contributed by atoms with Gasteiger partial charge in [0.15, 0.2) is 0 Å². The zero-order valence-electron chi connectivity index (χ0n) is 9.10. The van der Waals surface area contributed by atoms with Gasteiger partial charge in [0.05, 0.1) is 12.4 Å². The second-order valence-corrected chi connectivity index (χ2v) is 3.66. The van der Waals surface area contributed by atoms with Crippen LogP contribution in [0.15, 0.2) is 28.9 Å². The molecule has 1 rings (SSSR count). The van der Waals surface area contributed by atoms with Crippen LogP contribution < -0.4 is 5.32 Å². The van der Waals surface area contributed by atoms with E-state index in [2.05, 4.69) is 5.32 Å². The summed E-state index contributed by atoms with van der Waals surface area (Å²) in [6.45, 7) is 3.66. The summed E-state index contributed by atoms with van der Waals surface area (Å²) in [7, 11) is 0. The molecule has 1 heterocycles. The van der Waals surface area contributed by atoms with Crippen LogP contribution in [0.4, 0.5) is 0 Å². The average Bonchev–Trinajstić information content (AvgIpc) is 2.65. The molecule has 86 valence electrons. The van der Waals surface area contributed by atoms with Crippen LogP contribution in [0.3, 0.4) is 0 Å². The summed E-state index contributed by atoms with van der Waals surface area (Å²) < 4.78 is 10.1. The van der Waals surface area contributed by atoms with Gasteiger partial charge in [0.1, 0.15) is 5.76 Å². The highest BCUT2D eigenvalue weighted by molar-refractivity contribution is 7.80. The van der Waals surface area contributed by atoms with Crippen molar-refractivity contribution < 1.29 is 13.9 Å². The standard InChI is InChI=1S/C11H13NO3S/c1-8(2)15-11(16)12-10(13)6-5-9-4-3-7-14-9/h3-8H,1-2H3,(H,12,13,16)/b6-5+.